The molecule has 0 aromatic carbocycles. The van der Waals surface area contributed by atoms with E-state index < -0.39 is 0 Å². The molecule has 0 spiro atoms. The second-order valence-corrected chi connectivity index (χ2v) is 7.81. The highest BCUT2D eigenvalue weighted by Gasteiger charge is 2.58. The Bertz CT molecular complexity index is 460. The number of ketones is 2. The van der Waals surface area contributed by atoms with Gasteiger partial charge in [-0.2, -0.15) is 0 Å². The van der Waals surface area contributed by atoms with Crippen molar-refractivity contribution < 1.29 is 9.59 Å². The molecule has 2 N–H and O–H groups in total. The van der Waals surface area contributed by atoms with Crippen molar-refractivity contribution in [1.82, 2.24) is 0 Å². The Kier molecular flexibility index (Phi) is 2.86. The average molecular weight is 275 g/mol. The lowest BCUT2D eigenvalue weighted by molar-refractivity contribution is -0.156. The molecule has 110 valence electrons. The predicted octanol–water partition coefficient (Wildman–Crippen LogP) is 2.18. The monoisotopic (exact) mass is 275 g/mol. The van der Waals surface area contributed by atoms with E-state index in [9.17, 15) is 9.59 Å². The molecule has 0 amide bonds. The molecule has 4 rings (SSSR count). The first-order chi connectivity index (χ1) is 9.58. The summed E-state index contributed by atoms with van der Waals surface area (Å²) >= 11 is 0. The summed E-state index contributed by atoms with van der Waals surface area (Å²) in [6.45, 7) is 2.09. The predicted molar refractivity (Wildman–Crippen MR) is 75.8 cm³/mol. The molecule has 3 heteroatoms. The first-order valence-electron chi connectivity index (χ1n) is 8.40. The normalized spacial score (nSPS) is 54.5. The van der Waals surface area contributed by atoms with Crippen LogP contribution < -0.4 is 5.73 Å². The van der Waals surface area contributed by atoms with E-state index in [0.717, 1.165) is 38.5 Å². The molecule has 4 aliphatic rings. The molecule has 20 heavy (non-hydrogen) atoms. The van der Waals surface area contributed by atoms with E-state index in [-0.39, 0.29) is 23.8 Å². The van der Waals surface area contributed by atoms with Crippen LogP contribution >= 0.6 is 0 Å². The van der Waals surface area contributed by atoms with Gasteiger partial charge in [0.2, 0.25) is 0 Å². The van der Waals surface area contributed by atoms with Crippen LogP contribution in [0.4, 0.5) is 0 Å². The maximum absolute atomic E-state index is 12.6. The number of nitrogens with two attached hydrogens (primary N) is 1. The molecule has 8 atom stereocenters. The van der Waals surface area contributed by atoms with Crippen LogP contribution in [0.15, 0.2) is 0 Å². The molecule has 0 aromatic heterocycles. The van der Waals surface area contributed by atoms with Crippen LogP contribution in [0.5, 0.6) is 0 Å². The van der Waals surface area contributed by atoms with Crippen molar-refractivity contribution in [2.24, 2.45) is 47.2 Å². The van der Waals surface area contributed by atoms with Crippen LogP contribution in [-0.2, 0) is 9.59 Å². The van der Waals surface area contributed by atoms with Gasteiger partial charge in [-0.05, 0) is 55.8 Å². The summed E-state index contributed by atoms with van der Waals surface area (Å²) in [5, 5.41) is 0. The van der Waals surface area contributed by atoms with E-state index in [4.69, 9.17) is 5.73 Å². The Morgan fingerprint density at radius 3 is 2.55 bits per heavy atom. The molecular formula is C17H25NO2. The smallest absolute Gasteiger partial charge is 0.139 e. The summed E-state index contributed by atoms with van der Waals surface area (Å²) < 4.78 is 0. The first kappa shape index (κ1) is 13.0. The molecule has 4 fully saturated rings. The Labute approximate surface area is 120 Å². The van der Waals surface area contributed by atoms with E-state index >= 15 is 0 Å². The van der Waals surface area contributed by atoms with Gasteiger partial charge in [0.25, 0.3) is 0 Å². The van der Waals surface area contributed by atoms with Crippen LogP contribution in [0.3, 0.4) is 0 Å². The zero-order valence-electron chi connectivity index (χ0n) is 12.3. The summed E-state index contributed by atoms with van der Waals surface area (Å²) in [5.41, 5.74) is 6.46. The van der Waals surface area contributed by atoms with Crippen molar-refractivity contribution >= 4 is 11.6 Å². The molecule has 0 heterocycles. The summed E-state index contributed by atoms with van der Waals surface area (Å²) in [7, 11) is 0. The molecule has 3 nitrogen and oxygen atoms in total. The van der Waals surface area contributed by atoms with Crippen molar-refractivity contribution in [2.75, 3.05) is 0 Å². The lowest BCUT2D eigenvalue weighted by atomic mass is 9.46. The minimum atomic E-state index is 0.209. The van der Waals surface area contributed by atoms with E-state index in [0.29, 0.717) is 35.2 Å². The summed E-state index contributed by atoms with van der Waals surface area (Å²) in [4.78, 5) is 24.9. The number of hydrogen-bond donors (Lipinski definition) is 1. The van der Waals surface area contributed by atoms with E-state index in [1.54, 1.807) is 0 Å². The molecule has 0 radical (unpaired) electrons. The SMILES string of the molecule is C[C@@H]1C[C@@H]2C[C@H](N)[C@H]3CCC(=O)[C@H]4CC[C@H](C1=O)[C@@H]2[C@H]34. The average Bonchev–Trinajstić information content (AvgIpc) is 2.43. The molecule has 0 aliphatic heterocycles. The zero-order chi connectivity index (χ0) is 14.0. The number of carbonyl (C=O) groups excluding carboxylic acids is 2. The van der Waals surface area contributed by atoms with Crippen LogP contribution in [0.2, 0.25) is 0 Å². The standard InChI is InChI=1S/C17H25NO2/c1-8-6-9-7-13(18)10-4-5-14(19)11-2-3-12(17(8)20)15(9)16(10)11/h8-13,15-16H,2-7,18H2,1H3/t8-,9-,10-,11-,12+,13+,15-,16-/m1/s1. The minimum Gasteiger partial charge on any atom is -0.327 e. The van der Waals surface area contributed by atoms with Gasteiger partial charge in [0, 0.05) is 30.2 Å². The Hall–Kier alpha value is -0.700. The maximum atomic E-state index is 12.6. The highest BCUT2D eigenvalue weighted by Crippen LogP contribution is 2.58. The quantitative estimate of drug-likeness (QED) is 0.737. The van der Waals surface area contributed by atoms with Gasteiger partial charge in [-0.25, -0.2) is 0 Å². The van der Waals surface area contributed by atoms with Gasteiger partial charge >= 0.3 is 0 Å². The third kappa shape index (κ3) is 1.62. The van der Waals surface area contributed by atoms with Gasteiger partial charge in [-0.15, -0.1) is 0 Å². The fraction of sp³-hybridized carbons (Fsp3) is 0.882. The van der Waals surface area contributed by atoms with Gasteiger partial charge < -0.3 is 5.73 Å². The summed E-state index contributed by atoms with van der Waals surface area (Å²) in [5.74, 6) is 3.63. The van der Waals surface area contributed by atoms with Gasteiger partial charge in [-0.3, -0.25) is 9.59 Å². The first-order valence-corrected chi connectivity index (χ1v) is 8.40. The fourth-order valence-corrected chi connectivity index (χ4v) is 6.27. The molecule has 4 saturated carbocycles. The topological polar surface area (TPSA) is 60.2 Å². The maximum Gasteiger partial charge on any atom is 0.139 e. The number of rotatable bonds is 0. The number of hydrogen-bond acceptors (Lipinski definition) is 3. The van der Waals surface area contributed by atoms with Crippen LogP contribution in [0.1, 0.15) is 45.4 Å². The van der Waals surface area contributed by atoms with Crippen LogP contribution in [-0.4, -0.2) is 17.6 Å². The number of carbonyl (C=O) groups is 2. The summed E-state index contributed by atoms with van der Waals surface area (Å²) in [6.07, 6.45) is 5.70. The Morgan fingerprint density at radius 1 is 1.00 bits per heavy atom. The molecule has 0 aromatic rings. The van der Waals surface area contributed by atoms with Crippen molar-refractivity contribution in [3.63, 3.8) is 0 Å². The largest absolute Gasteiger partial charge is 0.327 e. The van der Waals surface area contributed by atoms with E-state index in [1.165, 1.54) is 0 Å². The molecule has 0 bridgehead atoms. The van der Waals surface area contributed by atoms with Gasteiger partial charge in [-0.1, -0.05) is 6.92 Å². The van der Waals surface area contributed by atoms with Crippen molar-refractivity contribution in [3.8, 4) is 0 Å². The zero-order valence-corrected chi connectivity index (χ0v) is 12.3. The van der Waals surface area contributed by atoms with Crippen LogP contribution in [0, 0.1) is 41.4 Å². The summed E-state index contributed by atoms with van der Waals surface area (Å²) in [6, 6.07) is 0.260. The third-order valence-electron chi connectivity index (χ3n) is 6.97. The lowest BCUT2D eigenvalue weighted by Crippen LogP contribution is -2.60. The fourth-order valence-electron chi connectivity index (χ4n) is 6.27. The lowest BCUT2D eigenvalue weighted by Gasteiger charge is -2.58. The molecule has 0 unspecified atom stereocenters. The molecule has 0 saturated heterocycles. The number of Topliss-reactive ketones (excluding diaryl/α,β-unsaturated/α-hetero) is 2. The van der Waals surface area contributed by atoms with Crippen LogP contribution in [0.25, 0.3) is 0 Å². The van der Waals surface area contributed by atoms with Crippen molar-refractivity contribution in [3.05, 3.63) is 0 Å². The second kappa shape index (κ2) is 4.40. The van der Waals surface area contributed by atoms with Gasteiger partial charge in [0.05, 0.1) is 0 Å². The van der Waals surface area contributed by atoms with Crippen molar-refractivity contribution in [2.45, 2.75) is 51.5 Å². The molecular weight excluding hydrogens is 250 g/mol. The van der Waals surface area contributed by atoms with Crippen molar-refractivity contribution in [1.29, 1.82) is 0 Å². The Balaban J connectivity index is 1.74. The Morgan fingerprint density at radius 2 is 1.75 bits per heavy atom. The van der Waals surface area contributed by atoms with E-state index in [2.05, 4.69) is 6.92 Å². The molecule has 4 aliphatic carbocycles. The van der Waals surface area contributed by atoms with E-state index in [1.807, 2.05) is 0 Å². The minimum absolute atomic E-state index is 0.209. The third-order valence-corrected chi connectivity index (χ3v) is 6.97. The highest BCUT2D eigenvalue weighted by molar-refractivity contribution is 5.86. The second-order valence-electron chi connectivity index (χ2n) is 7.81. The van der Waals surface area contributed by atoms with Gasteiger partial charge in [0.1, 0.15) is 11.6 Å². The van der Waals surface area contributed by atoms with Gasteiger partial charge in [0.15, 0.2) is 0 Å². The highest BCUT2D eigenvalue weighted by atomic mass is 16.1.